The van der Waals surface area contributed by atoms with Crippen molar-refractivity contribution in [3.05, 3.63) is 64.7 Å². The molecule has 0 radical (unpaired) electrons. The molecule has 0 saturated heterocycles. The number of anilines is 1. The van der Waals surface area contributed by atoms with E-state index in [1.807, 2.05) is 42.5 Å². The monoisotopic (exact) mass is 310 g/mol. The minimum atomic E-state index is -0.135. The lowest BCUT2D eigenvalue weighted by Crippen LogP contribution is -2.07. The first kappa shape index (κ1) is 14.7. The largest absolute Gasteiger partial charge is 0.298 e. The third kappa shape index (κ3) is 3.92. The van der Waals surface area contributed by atoms with Crippen molar-refractivity contribution in [1.29, 1.82) is 0 Å². The van der Waals surface area contributed by atoms with Crippen molar-refractivity contribution in [2.45, 2.75) is 25.7 Å². The van der Waals surface area contributed by atoms with Crippen molar-refractivity contribution >= 4 is 28.5 Å². The molecular formula is C18H18N2OS. The first-order chi connectivity index (χ1) is 10.8. The van der Waals surface area contributed by atoms with E-state index in [1.54, 1.807) is 17.4 Å². The summed E-state index contributed by atoms with van der Waals surface area (Å²) in [5.74, 6) is -0.135. The predicted molar refractivity (Wildman–Crippen MR) is 92.0 cm³/mol. The molecule has 0 unspecified atom stereocenters. The maximum Gasteiger partial charge on any atom is 0.250 e. The van der Waals surface area contributed by atoms with E-state index in [9.17, 15) is 4.79 Å². The Morgan fingerprint density at radius 2 is 1.95 bits per heavy atom. The molecule has 112 valence electrons. The van der Waals surface area contributed by atoms with Crippen LogP contribution in [0.3, 0.4) is 0 Å². The van der Waals surface area contributed by atoms with Crippen LogP contribution in [0, 0.1) is 0 Å². The number of aryl methyl sites for hydroxylation is 2. The molecule has 3 rings (SSSR count). The average molecular weight is 310 g/mol. The van der Waals surface area contributed by atoms with Crippen molar-refractivity contribution < 1.29 is 4.79 Å². The van der Waals surface area contributed by atoms with E-state index in [0.29, 0.717) is 5.13 Å². The summed E-state index contributed by atoms with van der Waals surface area (Å²) in [6.07, 6.45) is 11.7. The van der Waals surface area contributed by atoms with Crippen LogP contribution >= 0.6 is 11.3 Å². The maximum absolute atomic E-state index is 11.9. The highest BCUT2D eigenvalue weighted by Gasteiger charge is 2.15. The summed E-state index contributed by atoms with van der Waals surface area (Å²) >= 11 is 1.60. The van der Waals surface area contributed by atoms with Gasteiger partial charge in [0.2, 0.25) is 5.91 Å². The molecule has 22 heavy (non-hydrogen) atoms. The zero-order valence-corrected chi connectivity index (χ0v) is 13.1. The minimum absolute atomic E-state index is 0.135. The van der Waals surface area contributed by atoms with Gasteiger partial charge in [-0.3, -0.25) is 10.1 Å². The van der Waals surface area contributed by atoms with E-state index >= 15 is 0 Å². The lowest BCUT2D eigenvalue weighted by molar-refractivity contribution is -0.111. The zero-order valence-electron chi connectivity index (χ0n) is 12.3. The fraction of sp³-hybridized carbons (Fsp3) is 0.222. The van der Waals surface area contributed by atoms with E-state index < -0.39 is 0 Å². The fourth-order valence-electron chi connectivity index (χ4n) is 2.43. The molecule has 1 heterocycles. The molecule has 1 aromatic carbocycles. The van der Waals surface area contributed by atoms with Crippen LogP contribution in [-0.4, -0.2) is 10.9 Å². The summed E-state index contributed by atoms with van der Waals surface area (Å²) < 4.78 is 0. The normalized spacial score (nSPS) is 14.4. The van der Waals surface area contributed by atoms with E-state index in [4.69, 9.17) is 0 Å². The molecule has 1 aliphatic carbocycles. The number of hydrogen-bond acceptors (Lipinski definition) is 3. The van der Waals surface area contributed by atoms with Crippen molar-refractivity contribution in [1.82, 2.24) is 4.98 Å². The summed E-state index contributed by atoms with van der Waals surface area (Å²) in [4.78, 5) is 17.7. The summed E-state index contributed by atoms with van der Waals surface area (Å²) in [6.45, 7) is 0. The second kappa shape index (κ2) is 7.18. The second-order valence-corrected chi connectivity index (χ2v) is 6.30. The third-order valence-corrected chi connectivity index (χ3v) is 4.60. The van der Waals surface area contributed by atoms with Crippen molar-refractivity contribution in [3.63, 3.8) is 0 Å². The van der Waals surface area contributed by atoms with Crippen LogP contribution in [0.5, 0.6) is 0 Å². The Morgan fingerprint density at radius 1 is 1.14 bits per heavy atom. The van der Waals surface area contributed by atoms with Crippen LogP contribution in [0.4, 0.5) is 5.13 Å². The van der Waals surface area contributed by atoms with Gasteiger partial charge in [-0.15, -0.1) is 11.3 Å². The number of carbonyl (C=O) groups is 1. The van der Waals surface area contributed by atoms with Gasteiger partial charge >= 0.3 is 0 Å². The van der Waals surface area contributed by atoms with E-state index in [-0.39, 0.29) is 5.91 Å². The average Bonchev–Trinajstić information content (AvgIpc) is 2.94. The molecular weight excluding hydrogens is 292 g/mol. The second-order valence-electron chi connectivity index (χ2n) is 5.21. The first-order valence-electron chi connectivity index (χ1n) is 7.50. The van der Waals surface area contributed by atoms with E-state index in [0.717, 1.165) is 18.4 Å². The molecule has 0 saturated carbocycles. The fourth-order valence-corrected chi connectivity index (χ4v) is 3.48. The van der Waals surface area contributed by atoms with Gasteiger partial charge in [-0.1, -0.05) is 48.6 Å². The number of nitrogens with one attached hydrogen (secondary N) is 1. The Labute approximate surface area is 134 Å². The number of hydrogen-bond donors (Lipinski definition) is 1. The smallest absolute Gasteiger partial charge is 0.250 e. The summed E-state index contributed by atoms with van der Waals surface area (Å²) in [5, 5.41) is 3.56. The maximum atomic E-state index is 11.9. The lowest BCUT2D eigenvalue weighted by atomic mass is 10.0. The van der Waals surface area contributed by atoms with Crippen molar-refractivity contribution in [2.24, 2.45) is 0 Å². The Bertz CT molecular complexity index is 678. The van der Waals surface area contributed by atoms with Gasteiger partial charge in [0, 0.05) is 11.0 Å². The van der Waals surface area contributed by atoms with Crippen LogP contribution in [0.1, 0.15) is 29.0 Å². The SMILES string of the molecule is O=C(/C=C/C=C/c1ccccc1)Nc1nc2c(s1)CCCC2. The van der Waals surface area contributed by atoms with Gasteiger partial charge in [0.1, 0.15) is 0 Å². The number of allylic oxidation sites excluding steroid dienone is 2. The van der Waals surface area contributed by atoms with Gasteiger partial charge in [-0.25, -0.2) is 4.98 Å². The number of rotatable bonds is 4. The molecule has 1 aromatic heterocycles. The summed E-state index contributed by atoms with van der Waals surface area (Å²) in [7, 11) is 0. The van der Waals surface area contributed by atoms with Crippen molar-refractivity contribution in [3.8, 4) is 0 Å². The molecule has 1 amide bonds. The number of carbonyl (C=O) groups excluding carboxylic acids is 1. The van der Waals surface area contributed by atoms with Gasteiger partial charge in [-0.05, 0) is 31.2 Å². The van der Waals surface area contributed by atoms with Gasteiger partial charge in [0.25, 0.3) is 0 Å². The van der Waals surface area contributed by atoms with Gasteiger partial charge in [0.15, 0.2) is 5.13 Å². The van der Waals surface area contributed by atoms with Crippen LogP contribution in [0.15, 0.2) is 48.6 Å². The van der Waals surface area contributed by atoms with Crippen LogP contribution in [0.2, 0.25) is 0 Å². The Balaban J connectivity index is 1.55. The quantitative estimate of drug-likeness (QED) is 0.678. The molecule has 0 bridgehead atoms. The Kier molecular flexibility index (Phi) is 4.81. The molecule has 1 aliphatic rings. The highest BCUT2D eigenvalue weighted by atomic mass is 32.1. The summed E-state index contributed by atoms with van der Waals surface area (Å²) in [6, 6.07) is 9.99. The molecule has 0 aliphatic heterocycles. The third-order valence-electron chi connectivity index (χ3n) is 3.52. The van der Waals surface area contributed by atoms with Crippen LogP contribution in [0.25, 0.3) is 6.08 Å². The highest BCUT2D eigenvalue weighted by molar-refractivity contribution is 7.15. The molecule has 1 N–H and O–H groups in total. The summed E-state index contributed by atoms with van der Waals surface area (Å²) in [5.41, 5.74) is 2.28. The molecule has 0 spiro atoms. The molecule has 0 fully saturated rings. The van der Waals surface area contributed by atoms with E-state index in [2.05, 4.69) is 10.3 Å². The van der Waals surface area contributed by atoms with E-state index in [1.165, 1.54) is 29.5 Å². The Hall–Kier alpha value is -2.20. The highest BCUT2D eigenvalue weighted by Crippen LogP contribution is 2.29. The molecule has 3 nitrogen and oxygen atoms in total. The molecule has 0 atom stereocenters. The zero-order chi connectivity index (χ0) is 15.2. The number of fused-ring (bicyclic) bond motifs is 1. The number of amides is 1. The molecule has 4 heteroatoms. The first-order valence-corrected chi connectivity index (χ1v) is 8.32. The molecule has 2 aromatic rings. The van der Waals surface area contributed by atoms with Crippen molar-refractivity contribution in [2.75, 3.05) is 5.32 Å². The Morgan fingerprint density at radius 3 is 2.77 bits per heavy atom. The number of aromatic nitrogens is 1. The van der Waals surface area contributed by atoms with Gasteiger partial charge in [0.05, 0.1) is 5.69 Å². The van der Waals surface area contributed by atoms with Crippen LogP contribution in [-0.2, 0) is 17.6 Å². The van der Waals surface area contributed by atoms with Crippen LogP contribution < -0.4 is 5.32 Å². The van der Waals surface area contributed by atoms with Gasteiger partial charge in [-0.2, -0.15) is 0 Å². The number of nitrogens with zero attached hydrogens (tertiary/aromatic N) is 1. The lowest BCUT2D eigenvalue weighted by Gasteiger charge is -2.06. The number of benzene rings is 1. The predicted octanol–water partition coefficient (Wildman–Crippen LogP) is 4.23. The van der Waals surface area contributed by atoms with Gasteiger partial charge < -0.3 is 0 Å². The minimum Gasteiger partial charge on any atom is -0.298 e. The standard InChI is InChI=1S/C18H18N2OS/c21-17(13-7-4-10-14-8-2-1-3-9-14)20-18-19-15-11-5-6-12-16(15)22-18/h1-4,7-10,13H,5-6,11-12H2,(H,19,20,21)/b10-4+,13-7+. The number of thiazole rings is 1. The topological polar surface area (TPSA) is 42.0 Å².